The van der Waals surface area contributed by atoms with Gasteiger partial charge in [0.1, 0.15) is 12.4 Å². The van der Waals surface area contributed by atoms with Crippen LogP contribution in [0, 0.1) is 0 Å². The van der Waals surface area contributed by atoms with Gasteiger partial charge in [-0.25, -0.2) is 8.42 Å². The van der Waals surface area contributed by atoms with E-state index in [1.165, 1.54) is 0 Å². The van der Waals surface area contributed by atoms with Crippen molar-refractivity contribution in [1.82, 2.24) is 10.2 Å². The van der Waals surface area contributed by atoms with E-state index in [1.807, 2.05) is 0 Å². The Morgan fingerprint density at radius 2 is 1.58 bits per heavy atom. The number of halogens is 2. The molecule has 2 aromatic carbocycles. The fraction of sp³-hybridized carbons (Fsp3) is 0.125. The zero-order valence-corrected chi connectivity index (χ0v) is 16.4. The molecule has 0 bridgehead atoms. The summed E-state index contributed by atoms with van der Waals surface area (Å²) in [6, 6.07) is 13.5. The van der Waals surface area contributed by atoms with Gasteiger partial charge >= 0.3 is 0 Å². The molecule has 10 heteroatoms. The van der Waals surface area contributed by atoms with Crippen LogP contribution in [0.15, 0.2) is 48.5 Å². The number of nitrogens with one attached hydrogen (secondary N) is 1. The summed E-state index contributed by atoms with van der Waals surface area (Å²) in [4.78, 5) is 0. The summed E-state index contributed by atoms with van der Waals surface area (Å²) in [5, 5.41) is 9.66. The van der Waals surface area contributed by atoms with Crippen LogP contribution in [-0.2, 0) is 22.4 Å². The van der Waals surface area contributed by atoms with Gasteiger partial charge < -0.3 is 4.74 Å². The lowest BCUT2D eigenvalue weighted by Crippen LogP contribution is -2.14. The largest absolute Gasteiger partial charge is 0.486 e. The van der Waals surface area contributed by atoms with Gasteiger partial charge in [-0.1, -0.05) is 46.7 Å². The summed E-state index contributed by atoms with van der Waals surface area (Å²) >= 11 is 12.7. The number of rotatable bonds is 7. The smallest absolute Gasteiger partial charge is 0.238 e. The summed E-state index contributed by atoms with van der Waals surface area (Å²) in [5.41, 5.74) is 0.623. The minimum Gasteiger partial charge on any atom is -0.486 e. The highest BCUT2D eigenvalue weighted by Crippen LogP contribution is 2.21. The van der Waals surface area contributed by atoms with Gasteiger partial charge in [-0.15, -0.1) is 10.2 Å². The molecule has 0 aliphatic carbocycles. The van der Waals surface area contributed by atoms with Gasteiger partial charge in [0.15, 0.2) is 5.01 Å². The predicted octanol–water partition coefficient (Wildman–Crippen LogP) is 4.37. The monoisotopic (exact) mass is 429 g/mol. The van der Waals surface area contributed by atoms with E-state index in [9.17, 15) is 8.42 Å². The first-order chi connectivity index (χ1) is 12.4. The minimum absolute atomic E-state index is 0.179. The van der Waals surface area contributed by atoms with Crippen molar-refractivity contribution in [2.24, 2.45) is 0 Å². The highest BCUT2D eigenvalue weighted by molar-refractivity contribution is 7.92. The van der Waals surface area contributed by atoms with E-state index >= 15 is 0 Å². The summed E-state index contributed by atoms with van der Waals surface area (Å²) in [5.74, 6) is 0.454. The van der Waals surface area contributed by atoms with Crippen molar-refractivity contribution in [3.8, 4) is 5.75 Å². The molecule has 0 aliphatic rings. The molecule has 3 rings (SSSR count). The fourth-order valence-corrected chi connectivity index (χ4v) is 4.31. The number of hydrogen-bond acceptors (Lipinski definition) is 6. The van der Waals surface area contributed by atoms with Crippen molar-refractivity contribution in [3.05, 3.63) is 69.1 Å². The SMILES string of the molecule is O=S(=O)(Cc1ccc(Cl)cc1)Nc1nnc(COc2ccc(Cl)cc2)s1. The van der Waals surface area contributed by atoms with Gasteiger partial charge in [0, 0.05) is 10.0 Å². The van der Waals surface area contributed by atoms with Gasteiger partial charge in [-0.3, -0.25) is 4.72 Å². The van der Waals surface area contributed by atoms with E-state index in [0.29, 0.717) is 26.4 Å². The second-order valence-electron chi connectivity index (χ2n) is 5.23. The Kier molecular flexibility index (Phi) is 5.98. The highest BCUT2D eigenvalue weighted by atomic mass is 35.5. The van der Waals surface area contributed by atoms with Gasteiger partial charge in [-0.2, -0.15) is 0 Å². The first kappa shape index (κ1) is 18.9. The number of aromatic nitrogens is 2. The van der Waals surface area contributed by atoms with Crippen LogP contribution in [0.5, 0.6) is 5.75 Å². The normalized spacial score (nSPS) is 11.3. The van der Waals surface area contributed by atoms with E-state index in [-0.39, 0.29) is 17.5 Å². The average molecular weight is 430 g/mol. The third kappa shape index (κ3) is 5.57. The van der Waals surface area contributed by atoms with Gasteiger partial charge in [-0.05, 0) is 42.0 Å². The van der Waals surface area contributed by atoms with Gasteiger partial charge in [0.05, 0.1) is 5.75 Å². The first-order valence-corrected chi connectivity index (χ1v) is 10.6. The van der Waals surface area contributed by atoms with Crippen LogP contribution in [0.25, 0.3) is 0 Å². The van der Waals surface area contributed by atoms with Crippen molar-refractivity contribution in [2.45, 2.75) is 12.4 Å². The molecule has 0 atom stereocenters. The maximum atomic E-state index is 12.2. The summed E-state index contributed by atoms with van der Waals surface area (Å²) in [7, 11) is -3.60. The van der Waals surface area contributed by atoms with Crippen LogP contribution in [0.2, 0.25) is 10.0 Å². The molecule has 0 fully saturated rings. The molecule has 0 amide bonds. The lowest BCUT2D eigenvalue weighted by molar-refractivity contribution is 0.304. The molecule has 0 spiro atoms. The molecule has 1 heterocycles. The Balaban J connectivity index is 1.58. The summed E-state index contributed by atoms with van der Waals surface area (Å²) in [6.45, 7) is 0.179. The highest BCUT2D eigenvalue weighted by Gasteiger charge is 2.15. The molecule has 1 aromatic heterocycles. The topological polar surface area (TPSA) is 81.2 Å². The number of nitrogens with zero attached hydrogens (tertiary/aromatic N) is 2. The Bertz CT molecular complexity index is 975. The second kappa shape index (κ2) is 8.22. The number of hydrogen-bond donors (Lipinski definition) is 1. The van der Waals surface area contributed by atoms with Crippen molar-refractivity contribution in [1.29, 1.82) is 0 Å². The Morgan fingerprint density at radius 1 is 0.962 bits per heavy atom. The molecule has 0 unspecified atom stereocenters. The van der Waals surface area contributed by atoms with Crippen LogP contribution in [-0.4, -0.2) is 18.6 Å². The molecule has 6 nitrogen and oxygen atoms in total. The average Bonchev–Trinajstić information content (AvgIpc) is 3.03. The zero-order chi connectivity index (χ0) is 18.6. The first-order valence-electron chi connectivity index (χ1n) is 7.35. The van der Waals surface area contributed by atoms with Crippen molar-refractivity contribution < 1.29 is 13.2 Å². The molecule has 136 valence electrons. The molecule has 3 aromatic rings. The maximum absolute atomic E-state index is 12.2. The van der Waals surface area contributed by atoms with Crippen LogP contribution in [0.1, 0.15) is 10.6 Å². The Labute approximate surface area is 164 Å². The molecule has 0 saturated carbocycles. The van der Waals surface area contributed by atoms with Crippen molar-refractivity contribution in [3.63, 3.8) is 0 Å². The Hall–Kier alpha value is -1.87. The van der Waals surface area contributed by atoms with E-state index in [0.717, 1.165) is 11.3 Å². The third-order valence-electron chi connectivity index (χ3n) is 3.16. The fourth-order valence-electron chi connectivity index (χ4n) is 2.00. The van der Waals surface area contributed by atoms with Crippen LogP contribution >= 0.6 is 34.5 Å². The quantitative estimate of drug-likeness (QED) is 0.602. The predicted molar refractivity (Wildman–Crippen MR) is 103 cm³/mol. The van der Waals surface area contributed by atoms with Crippen LogP contribution in [0.3, 0.4) is 0 Å². The number of sulfonamides is 1. The number of anilines is 1. The van der Waals surface area contributed by atoms with Crippen LogP contribution < -0.4 is 9.46 Å². The second-order valence-corrected chi connectivity index (χ2v) is 8.89. The van der Waals surface area contributed by atoms with Gasteiger partial charge in [0.2, 0.25) is 15.2 Å². The lowest BCUT2D eigenvalue weighted by atomic mass is 10.2. The standard InChI is InChI=1S/C16H13Cl2N3O3S2/c17-12-3-1-11(2-4-12)10-26(22,23)21-16-20-19-15(25-16)9-24-14-7-5-13(18)6-8-14/h1-8H,9-10H2,(H,20,21). The molecule has 0 aliphatic heterocycles. The molecular formula is C16H13Cl2N3O3S2. The van der Waals surface area contributed by atoms with Crippen LogP contribution in [0.4, 0.5) is 5.13 Å². The van der Waals surface area contributed by atoms with Crippen molar-refractivity contribution in [2.75, 3.05) is 4.72 Å². The van der Waals surface area contributed by atoms with E-state index < -0.39 is 10.0 Å². The Morgan fingerprint density at radius 3 is 2.23 bits per heavy atom. The number of ether oxygens (including phenoxy) is 1. The molecular weight excluding hydrogens is 417 g/mol. The number of benzene rings is 2. The molecule has 26 heavy (non-hydrogen) atoms. The zero-order valence-electron chi connectivity index (χ0n) is 13.2. The molecule has 0 radical (unpaired) electrons. The summed E-state index contributed by atoms with van der Waals surface area (Å²) in [6.07, 6.45) is 0. The summed E-state index contributed by atoms with van der Waals surface area (Å²) < 4.78 is 32.4. The maximum Gasteiger partial charge on any atom is 0.238 e. The third-order valence-corrected chi connectivity index (χ3v) is 5.82. The molecule has 1 N–H and O–H groups in total. The lowest BCUT2D eigenvalue weighted by Gasteiger charge is -2.05. The minimum atomic E-state index is -3.60. The van der Waals surface area contributed by atoms with E-state index in [2.05, 4.69) is 14.9 Å². The molecule has 0 saturated heterocycles. The van der Waals surface area contributed by atoms with E-state index in [1.54, 1.807) is 48.5 Å². The van der Waals surface area contributed by atoms with Gasteiger partial charge in [0.25, 0.3) is 0 Å². The van der Waals surface area contributed by atoms with E-state index in [4.69, 9.17) is 27.9 Å². The van der Waals surface area contributed by atoms with Crippen molar-refractivity contribution >= 4 is 49.7 Å².